The second-order valence-electron chi connectivity index (χ2n) is 3.81. The van der Waals surface area contributed by atoms with E-state index in [1.165, 1.54) is 18.2 Å². The first-order valence-corrected chi connectivity index (χ1v) is 5.52. The molecule has 0 fully saturated rings. The van der Waals surface area contributed by atoms with Crippen LogP contribution in [0, 0.1) is 17.5 Å². The summed E-state index contributed by atoms with van der Waals surface area (Å²) in [5.41, 5.74) is 5.90. The minimum atomic E-state index is -1.01. The molecule has 2 N–H and O–H groups in total. The van der Waals surface area contributed by atoms with E-state index in [4.69, 9.17) is 17.3 Å². The van der Waals surface area contributed by atoms with E-state index < -0.39 is 23.5 Å². The number of nitrogens with two attached hydrogens (primary N) is 1. The van der Waals surface area contributed by atoms with E-state index in [2.05, 4.69) is 0 Å². The van der Waals surface area contributed by atoms with E-state index in [0.29, 0.717) is 6.07 Å². The highest BCUT2D eigenvalue weighted by Crippen LogP contribution is 2.26. The van der Waals surface area contributed by atoms with Crippen LogP contribution in [0.25, 0.3) is 0 Å². The van der Waals surface area contributed by atoms with Crippen LogP contribution in [-0.2, 0) is 0 Å². The van der Waals surface area contributed by atoms with E-state index in [1.54, 1.807) is 0 Å². The summed E-state index contributed by atoms with van der Waals surface area (Å²) in [6.45, 7) is 0. The highest BCUT2D eigenvalue weighted by molar-refractivity contribution is 6.30. The molecule has 0 heterocycles. The van der Waals surface area contributed by atoms with Gasteiger partial charge in [-0.1, -0.05) is 23.7 Å². The van der Waals surface area contributed by atoms with Crippen molar-refractivity contribution < 1.29 is 13.2 Å². The van der Waals surface area contributed by atoms with Gasteiger partial charge in [0.1, 0.15) is 17.5 Å². The molecule has 18 heavy (non-hydrogen) atoms. The maximum Gasteiger partial charge on any atom is 0.131 e. The van der Waals surface area contributed by atoms with E-state index in [0.717, 1.165) is 12.1 Å². The van der Waals surface area contributed by atoms with Crippen LogP contribution >= 0.6 is 11.6 Å². The SMILES string of the molecule is NC(c1ccc(F)cc1F)c1ccc(Cl)cc1F. The third-order valence-electron chi connectivity index (χ3n) is 2.60. The molecule has 1 nitrogen and oxygen atoms in total. The number of rotatable bonds is 2. The molecule has 0 aromatic heterocycles. The lowest BCUT2D eigenvalue weighted by atomic mass is 9.98. The molecule has 94 valence electrons. The van der Waals surface area contributed by atoms with Gasteiger partial charge in [0.05, 0.1) is 6.04 Å². The van der Waals surface area contributed by atoms with E-state index in [1.807, 2.05) is 0 Å². The fraction of sp³-hybridized carbons (Fsp3) is 0.0769. The molecule has 0 aliphatic carbocycles. The van der Waals surface area contributed by atoms with Crippen LogP contribution in [0.4, 0.5) is 13.2 Å². The lowest BCUT2D eigenvalue weighted by molar-refractivity contribution is 0.557. The Morgan fingerprint density at radius 3 is 2.00 bits per heavy atom. The van der Waals surface area contributed by atoms with E-state index in [9.17, 15) is 13.2 Å². The summed E-state index contributed by atoms with van der Waals surface area (Å²) in [5, 5.41) is 0.225. The zero-order valence-electron chi connectivity index (χ0n) is 9.13. The summed E-state index contributed by atoms with van der Waals surface area (Å²) in [6, 6.07) is 5.91. The first kappa shape index (κ1) is 12.9. The molecule has 0 saturated heterocycles. The zero-order chi connectivity index (χ0) is 13.3. The molecule has 0 aliphatic heterocycles. The number of hydrogen-bond donors (Lipinski definition) is 1. The third kappa shape index (κ3) is 2.49. The van der Waals surface area contributed by atoms with Crippen LogP contribution in [0.5, 0.6) is 0 Å². The Kier molecular flexibility index (Phi) is 3.59. The summed E-state index contributed by atoms with van der Waals surface area (Å²) < 4.78 is 39.9. The van der Waals surface area contributed by atoms with E-state index in [-0.39, 0.29) is 16.1 Å². The van der Waals surface area contributed by atoms with Crippen LogP contribution in [0.3, 0.4) is 0 Å². The van der Waals surface area contributed by atoms with Gasteiger partial charge in [-0.3, -0.25) is 0 Å². The number of benzene rings is 2. The summed E-state index contributed by atoms with van der Waals surface area (Å²) in [5.74, 6) is -2.14. The minimum Gasteiger partial charge on any atom is -0.320 e. The quantitative estimate of drug-likeness (QED) is 0.883. The van der Waals surface area contributed by atoms with Crippen LogP contribution in [0.2, 0.25) is 5.02 Å². The standard InChI is InChI=1S/C13H9ClF3N/c14-7-1-3-9(11(16)5-7)13(18)10-4-2-8(15)6-12(10)17/h1-6,13H,18H2. The van der Waals surface area contributed by atoms with E-state index >= 15 is 0 Å². The molecular formula is C13H9ClF3N. The molecule has 1 atom stereocenters. The Labute approximate surface area is 107 Å². The Hall–Kier alpha value is -1.52. The van der Waals surface area contributed by atoms with Crippen molar-refractivity contribution in [3.63, 3.8) is 0 Å². The van der Waals surface area contributed by atoms with Gasteiger partial charge < -0.3 is 5.73 Å². The fourth-order valence-corrected chi connectivity index (χ4v) is 1.83. The van der Waals surface area contributed by atoms with Crippen LogP contribution < -0.4 is 5.73 Å². The Balaban J connectivity index is 2.44. The Morgan fingerprint density at radius 1 is 0.889 bits per heavy atom. The van der Waals surface area contributed by atoms with Gasteiger partial charge in [-0.05, 0) is 18.2 Å². The van der Waals surface area contributed by atoms with Gasteiger partial charge in [0.25, 0.3) is 0 Å². The third-order valence-corrected chi connectivity index (χ3v) is 2.83. The van der Waals surface area contributed by atoms with Gasteiger partial charge in [-0.25, -0.2) is 13.2 Å². The first-order valence-electron chi connectivity index (χ1n) is 5.14. The van der Waals surface area contributed by atoms with Crippen molar-refractivity contribution in [2.45, 2.75) is 6.04 Å². The molecule has 0 saturated carbocycles. The second-order valence-corrected chi connectivity index (χ2v) is 4.25. The molecule has 0 bridgehead atoms. The predicted octanol–water partition coefficient (Wildman–Crippen LogP) is 3.81. The molecule has 0 aliphatic rings. The summed E-state index contributed by atoms with van der Waals surface area (Å²) in [6.07, 6.45) is 0. The maximum atomic E-state index is 13.6. The van der Waals surface area contributed by atoms with Crippen molar-refractivity contribution in [3.05, 3.63) is 70.0 Å². The van der Waals surface area contributed by atoms with Crippen molar-refractivity contribution in [2.24, 2.45) is 5.73 Å². The highest BCUT2D eigenvalue weighted by Gasteiger charge is 2.17. The summed E-state index contributed by atoms with van der Waals surface area (Å²) >= 11 is 5.62. The van der Waals surface area contributed by atoms with Crippen molar-refractivity contribution in [2.75, 3.05) is 0 Å². The molecule has 2 aromatic rings. The van der Waals surface area contributed by atoms with Crippen LogP contribution in [0.1, 0.15) is 17.2 Å². The highest BCUT2D eigenvalue weighted by atomic mass is 35.5. The van der Waals surface area contributed by atoms with Gasteiger partial charge in [0.15, 0.2) is 0 Å². The summed E-state index contributed by atoms with van der Waals surface area (Å²) in [4.78, 5) is 0. The van der Waals surface area contributed by atoms with Crippen molar-refractivity contribution in [3.8, 4) is 0 Å². The average molecular weight is 272 g/mol. The molecule has 0 radical (unpaired) electrons. The molecule has 2 rings (SSSR count). The van der Waals surface area contributed by atoms with Gasteiger partial charge in [0, 0.05) is 22.2 Å². The van der Waals surface area contributed by atoms with Crippen molar-refractivity contribution in [1.82, 2.24) is 0 Å². The van der Waals surface area contributed by atoms with Crippen LogP contribution in [-0.4, -0.2) is 0 Å². The normalized spacial score (nSPS) is 12.5. The monoisotopic (exact) mass is 271 g/mol. The minimum absolute atomic E-state index is 0.0256. The van der Waals surface area contributed by atoms with Gasteiger partial charge in [0.2, 0.25) is 0 Å². The first-order chi connectivity index (χ1) is 8.49. The lowest BCUT2D eigenvalue weighted by Gasteiger charge is -2.14. The largest absolute Gasteiger partial charge is 0.320 e. The fourth-order valence-electron chi connectivity index (χ4n) is 1.67. The maximum absolute atomic E-state index is 13.6. The molecule has 0 amide bonds. The second kappa shape index (κ2) is 5.00. The molecule has 2 aromatic carbocycles. The molecule has 0 spiro atoms. The number of hydrogen-bond acceptors (Lipinski definition) is 1. The average Bonchev–Trinajstić information content (AvgIpc) is 2.28. The summed E-state index contributed by atoms with van der Waals surface area (Å²) in [7, 11) is 0. The smallest absolute Gasteiger partial charge is 0.131 e. The Morgan fingerprint density at radius 2 is 1.44 bits per heavy atom. The van der Waals surface area contributed by atoms with Crippen molar-refractivity contribution >= 4 is 11.6 Å². The zero-order valence-corrected chi connectivity index (χ0v) is 9.89. The van der Waals surface area contributed by atoms with Crippen molar-refractivity contribution in [1.29, 1.82) is 0 Å². The topological polar surface area (TPSA) is 26.0 Å². The van der Waals surface area contributed by atoms with Gasteiger partial charge >= 0.3 is 0 Å². The predicted molar refractivity (Wildman–Crippen MR) is 63.8 cm³/mol. The number of halogens is 4. The molecule has 5 heteroatoms. The Bertz CT molecular complexity index is 535. The van der Waals surface area contributed by atoms with Crippen LogP contribution in [0.15, 0.2) is 36.4 Å². The van der Waals surface area contributed by atoms with Gasteiger partial charge in [-0.15, -0.1) is 0 Å². The molecule has 1 unspecified atom stereocenters. The lowest BCUT2D eigenvalue weighted by Crippen LogP contribution is -2.15. The molecular weight excluding hydrogens is 263 g/mol. The van der Waals surface area contributed by atoms with Gasteiger partial charge in [-0.2, -0.15) is 0 Å².